The number of halogens is 1. The fraction of sp³-hybridized carbons (Fsp3) is 0.385. The van der Waals surface area contributed by atoms with Gasteiger partial charge in [0.15, 0.2) is 0 Å². The smallest absolute Gasteiger partial charge is 0.325 e. The second kappa shape index (κ2) is 6.14. The van der Waals surface area contributed by atoms with E-state index in [1.165, 1.54) is 13.0 Å². The Morgan fingerprint density at radius 3 is 2.50 bits per heavy atom. The lowest BCUT2D eigenvalue weighted by Gasteiger charge is -2.15. The van der Waals surface area contributed by atoms with Crippen LogP contribution in [0.1, 0.15) is 19.4 Å². The normalized spacial score (nSPS) is 13.7. The van der Waals surface area contributed by atoms with Crippen LogP contribution in [-0.2, 0) is 16.0 Å². The Kier molecular flexibility index (Phi) is 4.83. The Morgan fingerprint density at radius 1 is 1.33 bits per heavy atom. The van der Waals surface area contributed by atoms with Crippen LogP contribution in [-0.4, -0.2) is 23.0 Å². The van der Waals surface area contributed by atoms with E-state index in [9.17, 15) is 14.0 Å². The van der Waals surface area contributed by atoms with Gasteiger partial charge in [-0.1, -0.05) is 25.1 Å². The van der Waals surface area contributed by atoms with Crippen LogP contribution in [0.15, 0.2) is 24.3 Å². The van der Waals surface area contributed by atoms with E-state index >= 15 is 0 Å². The summed E-state index contributed by atoms with van der Waals surface area (Å²) in [6.07, 6.45) is 0.241. The Bertz CT molecular complexity index is 448. The van der Waals surface area contributed by atoms with Crippen LogP contribution < -0.4 is 5.32 Å². The van der Waals surface area contributed by atoms with Crippen molar-refractivity contribution in [1.29, 1.82) is 0 Å². The number of carboxylic acids is 1. The number of benzene rings is 1. The number of rotatable bonds is 5. The summed E-state index contributed by atoms with van der Waals surface area (Å²) in [4.78, 5) is 22.3. The summed E-state index contributed by atoms with van der Waals surface area (Å²) in [5.74, 6) is -2.33. The summed E-state index contributed by atoms with van der Waals surface area (Å²) in [7, 11) is 0. The fourth-order valence-electron chi connectivity index (χ4n) is 1.50. The summed E-state index contributed by atoms with van der Waals surface area (Å²) >= 11 is 0. The highest BCUT2D eigenvalue weighted by Crippen LogP contribution is 2.12. The standard InChI is InChI=1S/C13H16FNO3/c1-8(12(16)15-9(2)13(17)18)7-10-5-3-4-6-11(10)14/h3-6,8-9H,7H2,1-2H3,(H,15,16)(H,17,18)/t8-,9-/m1/s1. The number of hydrogen-bond acceptors (Lipinski definition) is 2. The van der Waals surface area contributed by atoms with Crippen molar-refractivity contribution >= 4 is 11.9 Å². The van der Waals surface area contributed by atoms with Gasteiger partial charge < -0.3 is 10.4 Å². The average molecular weight is 253 g/mol. The molecule has 1 aromatic carbocycles. The summed E-state index contributed by atoms with van der Waals surface area (Å²) in [5, 5.41) is 11.0. The van der Waals surface area contributed by atoms with Crippen LogP contribution in [0.25, 0.3) is 0 Å². The van der Waals surface area contributed by atoms with Crippen LogP contribution in [0.3, 0.4) is 0 Å². The Balaban J connectivity index is 2.60. The maximum absolute atomic E-state index is 13.4. The van der Waals surface area contributed by atoms with E-state index in [2.05, 4.69) is 5.32 Å². The lowest BCUT2D eigenvalue weighted by molar-refractivity contribution is -0.141. The van der Waals surface area contributed by atoms with E-state index in [-0.39, 0.29) is 12.2 Å². The summed E-state index contributed by atoms with van der Waals surface area (Å²) in [6, 6.07) is 5.28. The molecule has 1 rings (SSSR count). The second-order valence-corrected chi connectivity index (χ2v) is 4.27. The number of carbonyl (C=O) groups excluding carboxylic acids is 1. The van der Waals surface area contributed by atoms with Gasteiger partial charge in [-0.3, -0.25) is 9.59 Å². The van der Waals surface area contributed by atoms with Crippen molar-refractivity contribution in [3.63, 3.8) is 0 Å². The van der Waals surface area contributed by atoms with E-state index < -0.39 is 23.8 Å². The maximum atomic E-state index is 13.4. The van der Waals surface area contributed by atoms with Crippen LogP contribution >= 0.6 is 0 Å². The fourth-order valence-corrected chi connectivity index (χ4v) is 1.50. The molecule has 0 aliphatic carbocycles. The van der Waals surface area contributed by atoms with Crippen LogP contribution in [0.5, 0.6) is 0 Å². The van der Waals surface area contributed by atoms with Crippen molar-refractivity contribution in [2.45, 2.75) is 26.3 Å². The third-order valence-electron chi connectivity index (χ3n) is 2.66. The highest BCUT2D eigenvalue weighted by Gasteiger charge is 2.19. The van der Waals surface area contributed by atoms with Crippen molar-refractivity contribution in [2.75, 3.05) is 0 Å². The number of nitrogens with one attached hydrogen (secondary N) is 1. The zero-order valence-electron chi connectivity index (χ0n) is 10.3. The van der Waals surface area contributed by atoms with E-state index in [0.29, 0.717) is 5.56 Å². The van der Waals surface area contributed by atoms with Crippen molar-refractivity contribution < 1.29 is 19.1 Å². The molecule has 0 heterocycles. The molecule has 0 spiro atoms. The lowest BCUT2D eigenvalue weighted by Crippen LogP contribution is -2.41. The molecule has 0 unspecified atom stereocenters. The third-order valence-corrected chi connectivity index (χ3v) is 2.66. The molecule has 2 N–H and O–H groups in total. The first kappa shape index (κ1) is 14.2. The summed E-state index contributed by atoms with van der Waals surface area (Å²) in [6.45, 7) is 3.02. The molecule has 0 radical (unpaired) electrons. The molecule has 0 aliphatic heterocycles. The van der Waals surface area contributed by atoms with Crippen molar-refractivity contribution in [3.8, 4) is 0 Å². The number of carboxylic acid groups (broad SMARTS) is 1. The molecule has 5 heteroatoms. The van der Waals surface area contributed by atoms with Crippen molar-refractivity contribution in [3.05, 3.63) is 35.6 Å². The molecule has 0 bridgehead atoms. The molecule has 18 heavy (non-hydrogen) atoms. The average Bonchev–Trinajstić information content (AvgIpc) is 2.31. The number of aliphatic carboxylic acids is 1. The van der Waals surface area contributed by atoms with Gasteiger partial charge in [-0.25, -0.2) is 4.39 Å². The number of amides is 1. The molecular weight excluding hydrogens is 237 g/mol. The number of hydrogen-bond donors (Lipinski definition) is 2. The maximum Gasteiger partial charge on any atom is 0.325 e. The van der Waals surface area contributed by atoms with Crippen molar-refractivity contribution in [1.82, 2.24) is 5.32 Å². The molecule has 0 aromatic heterocycles. The predicted octanol–water partition coefficient (Wildman–Crippen LogP) is 1.59. The minimum atomic E-state index is -1.10. The van der Waals surface area contributed by atoms with Gasteiger partial charge in [0.05, 0.1) is 0 Å². The van der Waals surface area contributed by atoms with Gasteiger partial charge in [0.25, 0.3) is 0 Å². The molecule has 1 aromatic rings. The first-order valence-electron chi connectivity index (χ1n) is 5.68. The quantitative estimate of drug-likeness (QED) is 0.837. The zero-order valence-corrected chi connectivity index (χ0v) is 10.3. The van der Waals surface area contributed by atoms with Crippen LogP contribution in [0, 0.1) is 11.7 Å². The van der Waals surface area contributed by atoms with Gasteiger partial charge in [-0.05, 0) is 25.0 Å². The Labute approximate surface area is 105 Å². The van der Waals surface area contributed by atoms with Crippen LogP contribution in [0.4, 0.5) is 4.39 Å². The minimum absolute atomic E-state index is 0.241. The lowest BCUT2D eigenvalue weighted by atomic mass is 9.99. The van der Waals surface area contributed by atoms with Gasteiger partial charge in [-0.2, -0.15) is 0 Å². The highest BCUT2D eigenvalue weighted by atomic mass is 19.1. The molecule has 2 atom stereocenters. The molecule has 98 valence electrons. The third kappa shape index (κ3) is 3.84. The Morgan fingerprint density at radius 2 is 1.94 bits per heavy atom. The highest BCUT2D eigenvalue weighted by molar-refractivity contribution is 5.84. The molecule has 4 nitrogen and oxygen atoms in total. The first-order chi connectivity index (χ1) is 8.41. The molecular formula is C13H16FNO3. The monoisotopic (exact) mass is 253 g/mol. The molecule has 0 fully saturated rings. The second-order valence-electron chi connectivity index (χ2n) is 4.27. The minimum Gasteiger partial charge on any atom is -0.480 e. The topological polar surface area (TPSA) is 66.4 Å². The largest absolute Gasteiger partial charge is 0.480 e. The van der Waals surface area contributed by atoms with Crippen molar-refractivity contribution in [2.24, 2.45) is 5.92 Å². The van der Waals surface area contributed by atoms with E-state index in [0.717, 1.165) is 0 Å². The van der Waals surface area contributed by atoms with Gasteiger partial charge in [-0.15, -0.1) is 0 Å². The SMILES string of the molecule is C[C@H](Cc1ccccc1F)C(=O)N[C@H](C)C(=O)O. The van der Waals surface area contributed by atoms with Gasteiger partial charge >= 0.3 is 5.97 Å². The zero-order chi connectivity index (χ0) is 13.7. The van der Waals surface area contributed by atoms with E-state index in [4.69, 9.17) is 5.11 Å². The molecule has 1 amide bonds. The van der Waals surface area contributed by atoms with E-state index in [1.807, 2.05) is 0 Å². The molecule has 0 saturated heterocycles. The molecule has 0 aliphatic rings. The van der Waals surface area contributed by atoms with Gasteiger partial charge in [0.1, 0.15) is 11.9 Å². The predicted molar refractivity (Wildman–Crippen MR) is 64.5 cm³/mol. The number of carbonyl (C=O) groups is 2. The Hall–Kier alpha value is -1.91. The summed E-state index contributed by atoms with van der Waals surface area (Å²) < 4.78 is 13.4. The molecule has 0 saturated carbocycles. The summed E-state index contributed by atoms with van der Waals surface area (Å²) in [5.41, 5.74) is 0.447. The van der Waals surface area contributed by atoms with Gasteiger partial charge in [0.2, 0.25) is 5.91 Å². The van der Waals surface area contributed by atoms with E-state index in [1.54, 1.807) is 25.1 Å². The first-order valence-corrected chi connectivity index (χ1v) is 5.68. The van der Waals surface area contributed by atoms with Gasteiger partial charge in [0, 0.05) is 5.92 Å². The van der Waals surface area contributed by atoms with Crippen LogP contribution in [0.2, 0.25) is 0 Å².